The van der Waals surface area contributed by atoms with Gasteiger partial charge in [0.15, 0.2) is 0 Å². The summed E-state index contributed by atoms with van der Waals surface area (Å²) >= 11 is 0. The molecule has 1 heterocycles. The van der Waals surface area contributed by atoms with Gasteiger partial charge in [0.1, 0.15) is 11.0 Å². The van der Waals surface area contributed by atoms with Gasteiger partial charge in [0.25, 0.3) is 0 Å². The monoisotopic (exact) mass is 633 g/mol. The number of ether oxygens (including phenoxy) is 1. The molecule has 1 aliphatic heterocycles. The predicted molar refractivity (Wildman–Crippen MR) is 181 cm³/mol. The van der Waals surface area contributed by atoms with Crippen molar-refractivity contribution in [1.82, 2.24) is 5.32 Å². The van der Waals surface area contributed by atoms with Crippen LogP contribution in [0.15, 0.2) is 103 Å². The number of fused-ring (bicyclic) bond motifs is 1. The van der Waals surface area contributed by atoms with Crippen LogP contribution in [0.4, 0.5) is 21.9 Å². The number of nitrogens with zero attached hydrogens (tertiary/aromatic N) is 2. The van der Waals surface area contributed by atoms with Crippen molar-refractivity contribution in [1.29, 1.82) is 0 Å². The van der Waals surface area contributed by atoms with E-state index in [-0.39, 0.29) is 13.1 Å². The van der Waals surface area contributed by atoms with Crippen molar-refractivity contribution in [2.75, 3.05) is 16.3 Å². The zero-order valence-electron chi connectivity index (χ0n) is 27.0. The number of para-hydroxylation sites is 2. The summed E-state index contributed by atoms with van der Waals surface area (Å²) in [5, 5.41) is 12.6. The Morgan fingerprint density at radius 2 is 1.34 bits per heavy atom. The lowest BCUT2D eigenvalue weighted by atomic mass is 9.83. The second-order valence-electron chi connectivity index (χ2n) is 12.8. The van der Waals surface area contributed by atoms with Gasteiger partial charge in [-0.15, -0.1) is 0 Å². The number of anilines is 3. The van der Waals surface area contributed by atoms with Crippen molar-refractivity contribution in [2.45, 2.75) is 52.7 Å². The first-order valence-electron chi connectivity index (χ1n) is 15.5. The van der Waals surface area contributed by atoms with Crippen LogP contribution in [0.2, 0.25) is 0 Å². The van der Waals surface area contributed by atoms with Crippen molar-refractivity contribution < 1.29 is 29.0 Å². The third kappa shape index (κ3) is 7.52. The molecule has 1 atom stereocenters. The molecular formula is C38H39N3O6. The van der Waals surface area contributed by atoms with Gasteiger partial charge in [-0.25, -0.2) is 4.79 Å². The molecular weight excluding hydrogens is 594 g/mol. The van der Waals surface area contributed by atoms with E-state index in [2.05, 4.69) is 5.32 Å². The van der Waals surface area contributed by atoms with Gasteiger partial charge >= 0.3 is 12.1 Å². The van der Waals surface area contributed by atoms with Crippen LogP contribution < -0.4 is 15.1 Å². The summed E-state index contributed by atoms with van der Waals surface area (Å²) in [4.78, 5) is 55.8. The van der Waals surface area contributed by atoms with Crippen molar-refractivity contribution in [2.24, 2.45) is 5.41 Å². The maximum atomic E-state index is 14.3. The third-order valence-corrected chi connectivity index (χ3v) is 8.03. The molecule has 4 aromatic carbocycles. The number of carbonyl (C=O) groups excluding carboxylic acids is 3. The molecule has 9 nitrogen and oxygen atoms in total. The van der Waals surface area contributed by atoms with E-state index in [1.807, 2.05) is 54.6 Å². The molecule has 4 aromatic rings. The molecule has 242 valence electrons. The number of carboxylic acid groups (broad SMARTS) is 1. The second kappa shape index (κ2) is 13.5. The highest BCUT2D eigenvalue weighted by molar-refractivity contribution is 6.23. The van der Waals surface area contributed by atoms with E-state index < -0.39 is 41.3 Å². The number of benzene rings is 4. The number of alkyl carbamates (subject to hydrolysis) is 1. The molecule has 1 unspecified atom stereocenters. The molecule has 0 bridgehead atoms. The highest BCUT2D eigenvalue weighted by atomic mass is 16.6. The molecule has 0 saturated heterocycles. The molecule has 0 spiro atoms. The van der Waals surface area contributed by atoms with Crippen LogP contribution in [-0.2, 0) is 32.1 Å². The van der Waals surface area contributed by atoms with E-state index in [0.717, 1.165) is 22.3 Å². The average molecular weight is 634 g/mol. The van der Waals surface area contributed by atoms with Gasteiger partial charge in [-0.3, -0.25) is 19.3 Å². The number of nitrogens with one attached hydrogen (secondary N) is 1. The standard InChI is InChI=1S/C38H39N3O6/c1-37(2,3)47-36(46)39-25-27-16-20-30(21-17-27)41-32-13-9-8-12-31(32)40(34(44)38(4,35(41)45)24-33(42)43)23-22-26-14-18-29(19-15-26)28-10-6-5-7-11-28/h5-21H,22-25H2,1-4H3,(H,39,46)(H,42,43). The molecule has 1 aliphatic rings. The van der Waals surface area contributed by atoms with Crippen molar-refractivity contribution in [3.63, 3.8) is 0 Å². The molecule has 3 amide bonds. The third-order valence-electron chi connectivity index (χ3n) is 8.03. The van der Waals surface area contributed by atoms with E-state index in [1.165, 1.54) is 11.8 Å². The zero-order valence-corrected chi connectivity index (χ0v) is 27.0. The SMILES string of the molecule is CC(C)(C)OC(=O)NCc1ccc(N2C(=O)C(C)(CC(=O)O)C(=O)N(CCc3ccc(-c4ccccc4)cc3)c3ccccc32)cc1. The second-order valence-corrected chi connectivity index (χ2v) is 12.8. The number of aliphatic carboxylic acids is 1. The topological polar surface area (TPSA) is 116 Å². The summed E-state index contributed by atoms with van der Waals surface area (Å²) in [6.07, 6.45) is -0.727. The van der Waals surface area contributed by atoms with Gasteiger partial charge in [-0.1, -0.05) is 78.9 Å². The minimum atomic E-state index is -1.88. The molecule has 47 heavy (non-hydrogen) atoms. The summed E-state index contributed by atoms with van der Waals surface area (Å²) in [5.41, 5.74) is 2.88. The fraction of sp³-hybridized carbons (Fsp3) is 0.263. The molecule has 5 rings (SSSR count). The number of carboxylic acids is 1. The Bertz CT molecular complexity index is 1760. The Kier molecular flexibility index (Phi) is 9.46. The van der Waals surface area contributed by atoms with Gasteiger partial charge in [0.05, 0.1) is 17.8 Å². The first-order chi connectivity index (χ1) is 22.4. The first-order valence-corrected chi connectivity index (χ1v) is 15.5. The van der Waals surface area contributed by atoms with Gasteiger partial charge in [0, 0.05) is 18.8 Å². The minimum absolute atomic E-state index is 0.203. The number of amides is 3. The Morgan fingerprint density at radius 3 is 1.96 bits per heavy atom. The van der Waals surface area contributed by atoms with Gasteiger partial charge in [-0.2, -0.15) is 0 Å². The van der Waals surface area contributed by atoms with Crippen LogP contribution in [0.5, 0.6) is 0 Å². The fourth-order valence-electron chi connectivity index (χ4n) is 5.66. The van der Waals surface area contributed by atoms with Gasteiger partial charge < -0.3 is 20.1 Å². The van der Waals surface area contributed by atoms with Crippen molar-refractivity contribution in [3.8, 4) is 11.1 Å². The van der Waals surface area contributed by atoms with E-state index in [1.54, 1.807) is 74.2 Å². The quantitative estimate of drug-likeness (QED) is 0.190. The smallest absolute Gasteiger partial charge is 0.407 e. The molecule has 0 fully saturated rings. The van der Waals surface area contributed by atoms with Gasteiger partial charge in [-0.05, 0) is 80.6 Å². The average Bonchev–Trinajstić information content (AvgIpc) is 3.10. The molecule has 2 N–H and O–H groups in total. The molecule has 0 aromatic heterocycles. The van der Waals surface area contributed by atoms with Crippen LogP contribution in [-0.4, -0.2) is 41.1 Å². The summed E-state index contributed by atoms with van der Waals surface area (Å²) < 4.78 is 5.30. The Balaban J connectivity index is 1.44. The normalized spacial score (nSPS) is 16.3. The predicted octanol–water partition coefficient (Wildman–Crippen LogP) is 7.11. The molecule has 9 heteroatoms. The van der Waals surface area contributed by atoms with E-state index in [4.69, 9.17) is 4.74 Å². The Morgan fingerprint density at radius 1 is 0.766 bits per heavy atom. The highest BCUT2D eigenvalue weighted by Crippen LogP contribution is 2.44. The van der Waals surface area contributed by atoms with Gasteiger partial charge in [0.2, 0.25) is 11.8 Å². The highest BCUT2D eigenvalue weighted by Gasteiger charge is 2.51. The van der Waals surface area contributed by atoms with E-state index in [9.17, 15) is 24.3 Å². The lowest BCUT2D eigenvalue weighted by Gasteiger charge is -2.31. The summed E-state index contributed by atoms with van der Waals surface area (Å²) in [6, 6.07) is 32.2. The zero-order chi connectivity index (χ0) is 33.8. The number of hydrogen-bond donors (Lipinski definition) is 2. The molecule has 0 radical (unpaired) electrons. The van der Waals surface area contributed by atoms with E-state index in [0.29, 0.717) is 23.5 Å². The van der Waals surface area contributed by atoms with Crippen LogP contribution >= 0.6 is 0 Å². The van der Waals surface area contributed by atoms with Crippen LogP contribution in [0.3, 0.4) is 0 Å². The maximum Gasteiger partial charge on any atom is 0.407 e. The van der Waals surface area contributed by atoms with Crippen LogP contribution in [0, 0.1) is 5.41 Å². The molecule has 0 aliphatic carbocycles. The van der Waals surface area contributed by atoms with Crippen LogP contribution in [0.1, 0.15) is 45.2 Å². The van der Waals surface area contributed by atoms with Crippen molar-refractivity contribution in [3.05, 3.63) is 114 Å². The van der Waals surface area contributed by atoms with Crippen LogP contribution in [0.25, 0.3) is 11.1 Å². The van der Waals surface area contributed by atoms with E-state index >= 15 is 0 Å². The molecule has 0 saturated carbocycles. The minimum Gasteiger partial charge on any atom is -0.481 e. The summed E-state index contributed by atoms with van der Waals surface area (Å²) in [7, 11) is 0. The Labute approximate surface area is 274 Å². The lowest BCUT2D eigenvalue weighted by molar-refractivity contribution is -0.149. The summed E-state index contributed by atoms with van der Waals surface area (Å²) in [6.45, 7) is 7.20. The number of hydrogen-bond acceptors (Lipinski definition) is 5. The first kappa shape index (κ1) is 32.9. The fourth-order valence-corrected chi connectivity index (χ4v) is 5.66. The Hall–Kier alpha value is -5.44. The lowest BCUT2D eigenvalue weighted by Crippen LogP contribution is -2.50. The number of carbonyl (C=O) groups is 4. The maximum absolute atomic E-state index is 14.3. The summed E-state index contributed by atoms with van der Waals surface area (Å²) in [5.74, 6) is -2.45. The largest absolute Gasteiger partial charge is 0.481 e. The van der Waals surface area contributed by atoms with Crippen molar-refractivity contribution >= 4 is 40.9 Å². The number of rotatable bonds is 9.